The van der Waals surface area contributed by atoms with Gasteiger partial charge in [0.15, 0.2) is 17.4 Å². The van der Waals surface area contributed by atoms with Crippen molar-refractivity contribution in [2.75, 3.05) is 26.1 Å². The summed E-state index contributed by atoms with van der Waals surface area (Å²) in [5, 5.41) is 10.8. The van der Waals surface area contributed by atoms with E-state index in [2.05, 4.69) is 25.7 Å². The van der Waals surface area contributed by atoms with Crippen LogP contribution in [0.1, 0.15) is 22.8 Å². The minimum absolute atomic E-state index is 0.0591. The first-order valence-electron chi connectivity index (χ1n) is 12.6. The van der Waals surface area contributed by atoms with Gasteiger partial charge >= 0.3 is 0 Å². The number of methoxy groups -OCH3 is 1. The van der Waals surface area contributed by atoms with Gasteiger partial charge in [-0.2, -0.15) is 5.10 Å². The van der Waals surface area contributed by atoms with E-state index in [0.29, 0.717) is 16.6 Å². The number of amides is 1. The molecule has 0 fully saturated rings. The van der Waals surface area contributed by atoms with Crippen molar-refractivity contribution in [2.24, 2.45) is 0 Å². The van der Waals surface area contributed by atoms with Crippen LogP contribution in [0.2, 0.25) is 0 Å². The third-order valence-corrected chi connectivity index (χ3v) is 6.28. The lowest BCUT2D eigenvalue weighted by atomic mass is 10.1. The summed E-state index contributed by atoms with van der Waals surface area (Å²) < 4.78 is 55.8. The second kappa shape index (κ2) is 11.5. The number of ether oxygens (including phenoxy) is 2. The molecule has 5 aromatic rings. The predicted molar refractivity (Wildman–Crippen MR) is 147 cm³/mol. The molecule has 0 aliphatic rings. The fourth-order valence-corrected chi connectivity index (χ4v) is 4.34. The molecule has 2 aromatic heterocycles. The zero-order valence-electron chi connectivity index (χ0n) is 22.3. The summed E-state index contributed by atoms with van der Waals surface area (Å²) in [5.74, 6) is -1.87. The van der Waals surface area contributed by atoms with E-state index in [1.807, 2.05) is 0 Å². The number of carbonyl (C=O) groups is 1. The minimum Gasteiger partial charge on any atom is -0.494 e. The summed E-state index contributed by atoms with van der Waals surface area (Å²) in [7, 11) is 2.87. The van der Waals surface area contributed by atoms with Crippen molar-refractivity contribution in [1.29, 1.82) is 0 Å². The van der Waals surface area contributed by atoms with Gasteiger partial charge in [-0.15, -0.1) is 0 Å². The molecule has 0 saturated carbocycles. The first kappa shape index (κ1) is 27.4. The lowest BCUT2D eigenvalue weighted by molar-refractivity contribution is 0.0963. The minimum atomic E-state index is -0.756. The van der Waals surface area contributed by atoms with Crippen LogP contribution < -0.4 is 20.1 Å². The van der Waals surface area contributed by atoms with Gasteiger partial charge in [-0.1, -0.05) is 18.2 Å². The number of para-hydroxylation sites is 1. The van der Waals surface area contributed by atoms with Gasteiger partial charge < -0.3 is 20.1 Å². The van der Waals surface area contributed by atoms with E-state index in [1.165, 1.54) is 37.2 Å². The molecular formula is C29H25F3N6O3. The van der Waals surface area contributed by atoms with Crippen molar-refractivity contribution < 1.29 is 27.4 Å². The fourth-order valence-electron chi connectivity index (χ4n) is 4.34. The largest absolute Gasteiger partial charge is 0.494 e. The van der Waals surface area contributed by atoms with Crippen molar-refractivity contribution >= 4 is 28.3 Å². The number of aromatic nitrogens is 4. The van der Waals surface area contributed by atoms with Crippen molar-refractivity contribution in [3.8, 4) is 23.0 Å². The van der Waals surface area contributed by atoms with Crippen LogP contribution in [0.3, 0.4) is 0 Å². The molecule has 41 heavy (non-hydrogen) atoms. The Hall–Kier alpha value is -5.13. The fraction of sp³-hybridized carbons (Fsp3) is 0.172. The summed E-state index contributed by atoms with van der Waals surface area (Å²) >= 11 is 0. The molecule has 5 rings (SSSR count). The van der Waals surface area contributed by atoms with E-state index in [-0.39, 0.29) is 53.1 Å². The van der Waals surface area contributed by atoms with Crippen molar-refractivity contribution in [3.05, 3.63) is 89.4 Å². The van der Waals surface area contributed by atoms with Gasteiger partial charge in [0.2, 0.25) is 0 Å². The molecule has 0 saturated heterocycles. The molecule has 3 aromatic carbocycles. The topological polar surface area (TPSA) is 103 Å². The first-order chi connectivity index (χ1) is 19.8. The standard InChI is InChI=1S/C29H25F3N6O3/c1-4-41-17-12-21(31)20(22(32)13-17)15-38-24-8-6-5-7-18(24)26(37-38)28-34-14-25(40-3)27(36-28)35-23-10-9-16(30)11-19(23)29(39)33-2/h5-14H,4,15H2,1-3H3,(H,33,39)(H,34,35,36). The molecule has 0 bridgehead atoms. The lowest BCUT2D eigenvalue weighted by Gasteiger charge is -2.14. The second-order valence-corrected chi connectivity index (χ2v) is 8.83. The maximum absolute atomic E-state index is 14.9. The predicted octanol–water partition coefficient (Wildman–Crippen LogP) is 5.47. The van der Waals surface area contributed by atoms with Gasteiger partial charge in [0.05, 0.1) is 43.2 Å². The normalized spacial score (nSPS) is 11.0. The molecule has 2 heterocycles. The average Bonchev–Trinajstić information content (AvgIpc) is 3.34. The summed E-state index contributed by atoms with van der Waals surface area (Å²) in [6, 6.07) is 13.1. The van der Waals surface area contributed by atoms with Crippen LogP contribution in [0.15, 0.2) is 60.8 Å². The Morgan fingerprint density at radius 3 is 2.51 bits per heavy atom. The third-order valence-electron chi connectivity index (χ3n) is 6.28. The highest BCUT2D eigenvalue weighted by Crippen LogP contribution is 2.32. The Morgan fingerprint density at radius 1 is 1.05 bits per heavy atom. The molecule has 0 radical (unpaired) electrons. The highest BCUT2D eigenvalue weighted by molar-refractivity contribution is 6.00. The number of rotatable bonds is 9. The van der Waals surface area contributed by atoms with Crippen LogP contribution >= 0.6 is 0 Å². The van der Waals surface area contributed by atoms with E-state index < -0.39 is 23.4 Å². The Balaban J connectivity index is 1.57. The van der Waals surface area contributed by atoms with E-state index in [1.54, 1.807) is 31.2 Å². The second-order valence-electron chi connectivity index (χ2n) is 8.83. The van der Waals surface area contributed by atoms with Gasteiger partial charge in [0, 0.05) is 30.1 Å². The molecule has 9 nitrogen and oxygen atoms in total. The average molecular weight is 563 g/mol. The number of hydrogen-bond acceptors (Lipinski definition) is 7. The van der Waals surface area contributed by atoms with Crippen molar-refractivity contribution in [1.82, 2.24) is 25.1 Å². The summed E-state index contributed by atoms with van der Waals surface area (Å²) in [6.45, 7) is 1.80. The van der Waals surface area contributed by atoms with Crippen LogP contribution in [0.5, 0.6) is 11.5 Å². The molecule has 12 heteroatoms. The van der Waals surface area contributed by atoms with Gasteiger partial charge in [-0.3, -0.25) is 9.48 Å². The number of halogens is 3. The van der Waals surface area contributed by atoms with E-state index in [4.69, 9.17) is 9.47 Å². The van der Waals surface area contributed by atoms with Gasteiger partial charge in [-0.05, 0) is 31.2 Å². The van der Waals surface area contributed by atoms with Crippen LogP contribution in [0, 0.1) is 17.5 Å². The monoisotopic (exact) mass is 562 g/mol. The molecule has 0 unspecified atom stereocenters. The Bertz CT molecular complexity index is 1730. The molecule has 1 amide bonds. The van der Waals surface area contributed by atoms with E-state index in [9.17, 15) is 18.0 Å². The number of carbonyl (C=O) groups excluding carboxylic acids is 1. The Morgan fingerprint density at radius 2 is 1.80 bits per heavy atom. The summed E-state index contributed by atoms with van der Waals surface area (Å²) in [5.41, 5.74) is 1.12. The smallest absolute Gasteiger partial charge is 0.253 e. The molecule has 2 N–H and O–H groups in total. The van der Waals surface area contributed by atoms with E-state index >= 15 is 0 Å². The molecule has 0 spiro atoms. The molecule has 0 atom stereocenters. The van der Waals surface area contributed by atoms with Gasteiger partial charge in [0.1, 0.15) is 28.9 Å². The number of nitrogens with zero attached hydrogens (tertiary/aromatic N) is 4. The highest BCUT2D eigenvalue weighted by atomic mass is 19.1. The molecule has 0 aliphatic carbocycles. The molecule has 0 aliphatic heterocycles. The maximum atomic E-state index is 14.9. The molecule has 210 valence electrons. The van der Waals surface area contributed by atoms with Crippen LogP contribution in [-0.4, -0.2) is 46.4 Å². The SMILES string of the molecule is CCOc1cc(F)c(Cn2nc(-c3ncc(OC)c(Nc4ccc(F)cc4C(=O)NC)n3)c3ccccc32)c(F)c1. The number of fused-ring (bicyclic) bond motifs is 1. The maximum Gasteiger partial charge on any atom is 0.253 e. The van der Waals surface area contributed by atoms with Gasteiger partial charge in [-0.25, -0.2) is 23.1 Å². The third kappa shape index (κ3) is 5.49. The number of anilines is 2. The van der Waals surface area contributed by atoms with E-state index in [0.717, 1.165) is 18.2 Å². The zero-order chi connectivity index (χ0) is 29.1. The zero-order valence-corrected chi connectivity index (χ0v) is 22.3. The Kier molecular flexibility index (Phi) is 7.72. The number of nitrogens with one attached hydrogen (secondary N) is 2. The quantitative estimate of drug-likeness (QED) is 0.246. The van der Waals surface area contributed by atoms with Crippen LogP contribution in [0.4, 0.5) is 24.7 Å². The number of benzene rings is 3. The first-order valence-corrected chi connectivity index (χ1v) is 12.6. The van der Waals surface area contributed by atoms with Crippen molar-refractivity contribution in [3.63, 3.8) is 0 Å². The van der Waals surface area contributed by atoms with Crippen molar-refractivity contribution in [2.45, 2.75) is 13.5 Å². The van der Waals surface area contributed by atoms with Gasteiger partial charge in [0.25, 0.3) is 5.91 Å². The van der Waals surface area contributed by atoms with Crippen LogP contribution in [0.25, 0.3) is 22.4 Å². The lowest BCUT2D eigenvalue weighted by Crippen LogP contribution is -2.19. The number of hydrogen-bond donors (Lipinski definition) is 2. The Labute approximate surface area is 233 Å². The summed E-state index contributed by atoms with van der Waals surface area (Å²) in [6.07, 6.45) is 1.42. The van der Waals surface area contributed by atoms with Crippen LogP contribution in [-0.2, 0) is 6.54 Å². The highest BCUT2D eigenvalue weighted by Gasteiger charge is 2.21. The molecular weight excluding hydrogens is 537 g/mol. The summed E-state index contributed by atoms with van der Waals surface area (Å²) in [4.78, 5) is 21.3.